The number of nitrogens with one attached hydrogen (secondary N) is 2. The first-order chi connectivity index (χ1) is 20.1. The molecule has 0 radical (unpaired) electrons. The number of aromatic amines is 1. The number of nitrogens with zero attached hydrogens (tertiary/aromatic N) is 1. The highest BCUT2D eigenvalue weighted by molar-refractivity contribution is 5.97. The van der Waals surface area contributed by atoms with E-state index in [2.05, 4.69) is 15.3 Å². The molecule has 9 nitrogen and oxygen atoms in total. The van der Waals surface area contributed by atoms with Crippen LogP contribution in [0.4, 0.5) is 0 Å². The van der Waals surface area contributed by atoms with Crippen molar-refractivity contribution in [3.63, 3.8) is 0 Å². The van der Waals surface area contributed by atoms with Crippen LogP contribution in [-0.4, -0.2) is 62.7 Å². The maximum absolute atomic E-state index is 13.9. The summed E-state index contributed by atoms with van der Waals surface area (Å²) in [5, 5.41) is 12.7. The summed E-state index contributed by atoms with van der Waals surface area (Å²) in [6, 6.07) is 4.89. The van der Waals surface area contributed by atoms with Crippen LogP contribution in [0.5, 0.6) is 0 Å². The molecule has 1 aromatic carbocycles. The molecule has 0 bridgehead atoms. The number of hydrogen-bond donors (Lipinski definition) is 3. The van der Waals surface area contributed by atoms with Gasteiger partial charge in [-0.25, -0.2) is 4.98 Å². The second-order valence-electron chi connectivity index (χ2n) is 13.2. The molecule has 4 unspecified atom stereocenters. The first-order valence-corrected chi connectivity index (χ1v) is 15.8. The van der Waals surface area contributed by atoms with Crippen molar-refractivity contribution < 1.29 is 29.0 Å². The quantitative estimate of drug-likeness (QED) is 0.284. The van der Waals surface area contributed by atoms with Gasteiger partial charge in [-0.3, -0.25) is 19.2 Å². The van der Waals surface area contributed by atoms with Gasteiger partial charge in [0, 0.05) is 30.6 Å². The van der Waals surface area contributed by atoms with Gasteiger partial charge >= 0.3 is 0 Å². The number of epoxide rings is 1. The molecule has 4 atom stereocenters. The van der Waals surface area contributed by atoms with E-state index < -0.39 is 23.5 Å². The highest BCUT2D eigenvalue weighted by Crippen LogP contribution is 2.37. The standard InChI is InChI=1S/C33H45N3O6/c1-20(13-29(38)23-8-10-25(37)11-9-23)32(41)36-28(16-22-7-12-26-27(15-22)35-19-34-26)30(39)17-24(14-21-5-3-4-6-21)31(40)33(2)18-42-33/h7,12,15,19-21,23-25,28,37H,3-6,8-11,13-14,16-18H2,1-2H3,(H,34,35)(H,36,41). The summed E-state index contributed by atoms with van der Waals surface area (Å²) in [5.41, 5.74) is 1.71. The van der Waals surface area contributed by atoms with E-state index >= 15 is 0 Å². The van der Waals surface area contributed by atoms with Crippen LogP contribution in [-0.2, 0) is 30.3 Å². The Balaban J connectivity index is 1.29. The Bertz CT molecular complexity index is 1290. The molecule has 1 saturated heterocycles. The molecule has 2 saturated carbocycles. The molecule has 1 aromatic heterocycles. The van der Waals surface area contributed by atoms with Crippen molar-refractivity contribution in [1.82, 2.24) is 15.3 Å². The van der Waals surface area contributed by atoms with Gasteiger partial charge < -0.3 is 20.1 Å². The first kappa shape index (κ1) is 30.5. The maximum atomic E-state index is 13.9. The summed E-state index contributed by atoms with van der Waals surface area (Å²) >= 11 is 0. The minimum absolute atomic E-state index is 0.0109. The molecule has 1 amide bonds. The van der Waals surface area contributed by atoms with Crippen molar-refractivity contribution in [2.24, 2.45) is 23.7 Å². The lowest BCUT2D eigenvalue weighted by Crippen LogP contribution is -2.46. The second-order valence-corrected chi connectivity index (χ2v) is 13.2. The molecular formula is C33H45N3O6. The number of imidazole rings is 1. The molecule has 3 N–H and O–H groups in total. The smallest absolute Gasteiger partial charge is 0.223 e. The first-order valence-electron chi connectivity index (χ1n) is 15.8. The van der Waals surface area contributed by atoms with Gasteiger partial charge in [0.15, 0.2) is 11.6 Å². The summed E-state index contributed by atoms with van der Waals surface area (Å²) in [6.45, 7) is 3.91. The number of carbonyl (C=O) groups is 4. The van der Waals surface area contributed by atoms with E-state index in [9.17, 15) is 24.3 Å². The molecule has 2 aliphatic carbocycles. The average molecular weight is 580 g/mol. The minimum atomic E-state index is -0.827. The maximum Gasteiger partial charge on any atom is 0.223 e. The molecule has 5 rings (SSSR count). The van der Waals surface area contributed by atoms with Crippen LogP contribution in [0.25, 0.3) is 11.0 Å². The number of H-pyrrole nitrogens is 1. The Kier molecular flexibility index (Phi) is 9.57. The summed E-state index contributed by atoms with van der Waals surface area (Å²) in [5.74, 6) is -1.22. The van der Waals surface area contributed by atoms with Gasteiger partial charge in [0.25, 0.3) is 0 Å². The van der Waals surface area contributed by atoms with Crippen molar-refractivity contribution in [2.75, 3.05) is 6.61 Å². The third-order valence-corrected chi connectivity index (χ3v) is 9.75. The van der Waals surface area contributed by atoms with Gasteiger partial charge in [-0.2, -0.15) is 0 Å². The van der Waals surface area contributed by atoms with E-state index in [-0.39, 0.29) is 54.5 Å². The lowest BCUT2D eigenvalue weighted by atomic mass is 9.81. The van der Waals surface area contributed by atoms with Crippen molar-refractivity contribution in [3.8, 4) is 0 Å². The van der Waals surface area contributed by atoms with Crippen LogP contribution >= 0.6 is 0 Å². The number of hydrogen-bond acceptors (Lipinski definition) is 7. The fraction of sp³-hybridized carbons (Fsp3) is 0.667. The number of amides is 1. The van der Waals surface area contributed by atoms with Crippen molar-refractivity contribution in [2.45, 2.75) is 109 Å². The average Bonchev–Trinajstić information content (AvgIpc) is 3.32. The fourth-order valence-electron chi connectivity index (χ4n) is 6.86. The minimum Gasteiger partial charge on any atom is -0.393 e. The highest BCUT2D eigenvalue weighted by atomic mass is 16.6. The molecule has 228 valence electrons. The molecule has 3 aliphatic rings. The van der Waals surface area contributed by atoms with E-state index in [1.54, 1.807) is 20.2 Å². The number of rotatable bonds is 14. The van der Waals surface area contributed by atoms with Gasteiger partial charge in [0.05, 0.1) is 36.1 Å². The fourth-order valence-corrected chi connectivity index (χ4v) is 6.86. The lowest BCUT2D eigenvalue weighted by molar-refractivity contribution is -0.135. The normalized spacial score (nSPS) is 26.5. The van der Waals surface area contributed by atoms with Crippen LogP contribution < -0.4 is 5.32 Å². The van der Waals surface area contributed by atoms with Gasteiger partial charge in [0.2, 0.25) is 5.91 Å². The van der Waals surface area contributed by atoms with Gasteiger partial charge in [-0.05, 0) is 69.1 Å². The van der Waals surface area contributed by atoms with Crippen LogP contribution in [0.15, 0.2) is 24.5 Å². The number of ketones is 3. The van der Waals surface area contributed by atoms with Gasteiger partial charge in [-0.1, -0.05) is 38.7 Å². The van der Waals surface area contributed by atoms with E-state index in [0.717, 1.165) is 42.3 Å². The van der Waals surface area contributed by atoms with Crippen LogP contribution in [0.3, 0.4) is 0 Å². The van der Waals surface area contributed by atoms with Crippen molar-refractivity contribution in [3.05, 3.63) is 30.1 Å². The van der Waals surface area contributed by atoms with E-state index in [1.165, 1.54) is 0 Å². The SMILES string of the molecule is CC(CC(=O)C1CCC(O)CC1)C(=O)NC(Cc1ccc2nc[nH]c2c1)C(=O)CC(CC1CCCC1)C(=O)C1(C)CO1. The lowest BCUT2D eigenvalue weighted by Gasteiger charge is -2.26. The zero-order valence-electron chi connectivity index (χ0n) is 24.9. The molecule has 2 aromatic rings. The Morgan fingerprint density at radius 2 is 1.81 bits per heavy atom. The number of carbonyl (C=O) groups excluding carboxylic acids is 4. The zero-order valence-corrected chi connectivity index (χ0v) is 24.9. The van der Waals surface area contributed by atoms with E-state index in [0.29, 0.717) is 44.6 Å². The zero-order chi connectivity index (χ0) is 29.9. The summed E-state index contributed by atoms with van der Waals surface area (Å²) in [6.07, 6.45) is 9.34. The topological polar surface area (TPSA) is 142 Å². The number of aliphatic hydroxyl groups excluding tert-OH is 1. The van der Waals surface area contributed by atoms with Crippen LogP contribution in [0, 0.1) is 23.7 Å². The Morgan fingerprint density at radius 1 is 1.10 bits per heavy atom. The monoisotopic (exact) mass is 579 g/mol. The number of benzene rings is 1. The van der Waals surface area contributed by atoms with Crippen molar-refractivity contribution in [1.29, 1.82) is 0 Å². The van der Waals surface area contributed by atoms with Gasteiger partial charge in [-0.15, -0.1) is 0 Å². The van der Waals surface area contributed by atoms with Crippen LogP contribution in [0.1, 0.15) is 90.0 Å². The molecule has 0 spiro atoms. The van der Waals surface area contributed by atoms with E-state index in [4.69, 9.17) is 4.74 Å². The predicted octanol–water partition coefficient (Wildman–Crippen LogP) is 4.25. The van der Waals surface area contributed by atoms with Crippen molar-refractivity contribution >= 4 is 34.3 Å². The number of aliphatic hydroxyl groups is 1. The molecule has 42 heavy (non-hydrogen) atoms. The third kappa shape index (κ3) is 7.53. The predicted molar refractivity (Wildman–Crippen MR) is 158 cm³/mol. The number of fused-ring (bicyclic) bond motifs is 1. The molecule has 2 heterocycles. The molecule has 1 aliphatic heterocycles. The second kappa shape index (κ2) is 13.2. The largest absolute Gasteiger partial charge is 0.393 e. The van der Waals surface area contributed by atoms with Gasteiger partial charge in [0.1, 0.15) is 11.4 Å². The Hall–Kier alpha value is -2.91. The number of Topliss-reactive ketones (excluding diaryl/α,β-unsaturated/α-hetero) is 3. The van der Waals surface area contributed by atoms with Crippen LogP contribution in [0.2, 0.25) is 0 Å². The number of ether oxygens (including phenoxy) is 1. The molecule has 3 fully saturated rings. The number of aromatic nitrogens is 2. The van der Waals surface area contributed by atoms with E-state index in [1.807, 2.05) is 18.2 Å². The Morgan fingerprint density at radius 3 is 2.50 bits per heavy atom. The third-order valence-electron chi connectivity index (χ3n) is 9.75. The summed E-state index contributed by atoms with van der Waals surface area (Å²) in [4.78, 5) is 61.1. The highest BCUT2D eigenvalue weighted by Gasteiger charge is 2.50. The Labute approximate surface area is 247 Å². The molecule has 9 heteroatoms. The molecular weight excluding hydrogens is 534 g/mol. The summed E-state index contributed by atoms with van der Waals surface area (Å²) < 4.78 is 5.48. The summed E-state index contributed by atoms with van der Waals surface area (Å²) in [7, 11) is 0.